The second kappa shape index (κ2) is 7.75. The van der Waals surface area contributed by atoms with Gasteiger partial charge in [-0.1, -0.05) is 30.3 Å². The number of carbonyl (C=O) groups is 1. The molecule has 6 heteroatoms. The molecule has 0 spiro atoms. The number of halogens is 1. The third-order valence-electron chi connectivity index (χ3n) is 4.84. The van der Waals surface area contributed by atoms with Crippen molar-refractivity contribution in [1.29, 1.82) is 0 Å². The van der Waals surface area contributed by atoms with Gasteiger partial charge in [-0.15, -0.1) is 0 Å². The Morgan fingerprint density at radius 2 is 1.76 bits per heavy atom. The molecule has 5 nitrogen and oxygen atoms in total. The van der Waals surface area contributed by atoms with Crippen molar-refractivity contribution in [3.8, 4) is 17.0 Å². The van der Waals surface area contributed by atoms with E-state index in [9.17, 15) is 9.18 Å². The fourth-order valence-electron chi connectivity index (χ4n) is 3.27. The molecule has 1 amide bonds. The highest BCUT2D eigenvalue weighted by molar-refractivity contribution is 5.92. The molecular formula is C23H20FN3O2. The first-order valence-corrected chi connectivity index (χ1v) is 9.28. The van der Waals surface area contributed by atoms with Gasteiger partial charge in [0.25, 0.3) is 5.91 Å². The van der Waals surface area contributed by atoms with Crippen LogP contribution in [0.1, 0.15) is 27.5 Å². The zero-order valence-corrected chi connectivity index (χ0v) is 16.1. The first-order valence-electron chi connectivity index (χ1n) is 9.28. The Labute approximate surface area is 167 Å². The van der Waals surface area contributed by atoms with E-state index in [1.54, 1.807) is 30.3 Å². The molecule has 0 aliphatic carbocycles. The van der Waals surface area contributed by atoms with Crippen LogP contribution in [0.5, 0.6) is 0 Å². The van der Waals surface area contributed by atoms with Crippen LogP contribution in [0.25, 0.3) is 17.0 Å². The molecule has 0 aliphatic rings. The summed E-state index contributed by atoms with van der Waals surface area (Å²) in [5, 5.41) is 7.45. The summed E-state index contributed by atoms with van der Waals surface area (Å²) in [6.07, 6.45) is 0. The number of para-hydroxylation sites is 1. The van der Waals surface area contributed by atoms with Crippen molar-refractivity contribution in [3.05, 3.63) is 95.3 Å². The van der Waals surface area contributed by atoms with Crippen molar-refractivity contribution in [2.45, 2.75) is 20.4 Å². The zero-order chi connectivity index (χ0) is 20.4. The number of amides is 1. The number of rotatable bonds is 5. The molecule has 2 aromatic heterocycles. The Kier molecular flexibility index (Phi) is 4.99. The van der Waals surface area contributed by atoms with E-state index in [1.807, 2.05) is 48.9 Å². The Hall–Kier alpha value is -3.67. The summed E-state index contributed by atoms with van der Waals surface area (Å²) in [6.45, 7) is 4.20. The molecule has 2 aromatic carbocycles. The fraction of sp³-hybridized carbons (Fsp3) is 0.130. The van der Waals surface area contributed by atoms with E-state index >= 15 is 0 Å². The minimum Gasteiger partial charge on any atom is -0.451 e. The van der Waals surface area contributed by atoms with Crippen molar-refractivity contribution in [2.75, 3.05) is 0 Å². The maximum absolute atomic E-state index is 13.9. The summed E-state index contributed by atoms with van der Waals surface area (Å²) in [5.74, 6) is -0.307. The van der Waals surface area contributed by atoms with Crippen LogP contribution < -0.4 is 5.32 Å². The number of furan rings is 1. The summed E-state index contributed by atoms with van der Waals surface area (Å²) >= 11 is 0. The lowest BCUT2D eigenvalue weighted by atomic mass is 10.1. The van der Waals surface area contributed by atoms with E-state index in [-0.39, 0.29) is 11.7 Å². The summed E-state index contributed by atoms with van der Waals surface area (Å²) in [4.78, 5) is 12.5. The maximum atomic E-state index is 13.9. The van der Waals surface area contributed by atoms with Crippen molar-refractivity contribution >= 4 is 5.91 Å². The summed E-state index contributed by atoms with van der Waals surface area (Å²) in [6, 6.07) is 19.3. The highest BCUT2D eigenvalue weighted by Gasteiger charge is 2.17. The van der Waals surface area contributed by atoms with Gasteiger partial charge < -0.3 is 9.73 Å². The number of nitrogens with one attached hydrogen (secondary N) is 1. The van der Waals surface area contributed by atoms with Gasteiger partial charge in [-0.25, -0.2) is 9.07 Å². The van der Waals surface area contributed by atoms with Crippen LogP contribution in [0.2, 0.25) is 0 Å². The minimum absolute atomic E-state index is 0.133. The lowest BCUT2D eigenvalue weighted by molar-refractivity contribution is 0.0924. The molecule has 146 valence electrons. The molecule has 0 saturated heterocycles. The van der Waals surface area contributed by atoms with Crippen molar-refractivity contribution in [3.63, 3.8) is 0 Å². The predicted octanol–water partition coefficient (Wildman–Crippen LogP) is 4.82. The average Bonchev–Trinajstić information content (AvgIpc) is 3.33. The Balaban J connectivity index is 1.50. The van der Waals surface area contributed by atoms with Crippen LogP contribution in [0.3, 0.4) is 0 Å². The van der Waals surface area contributed by atoms with Gasteiger partial charge in [0.2, 0.25) is 0 Å². The second-order valence-corrected chi connectivity index (χ2v) is 6.72. The molecule has 0 fully saturated rings. The number of hydrogen-bond acceptors (Lipinski definition) is 3. The number of aromatic nitrogens is 2. The fourth-order valence-corrected chi connectivity index (χ4v) is 3.27. The van der Waals surface area contributed by atoms with Gasteiger partial charge in [-0.05, 0) is 50.2 Å². The first-order chi connectivity index (χ1) is 14.0. The highest BCUT2D eigenvalue weighted by atomic mass is 19.1. The Morgan fingerprint density at radius 3 is 2.52 bits per heavy atom. The largest absolute Gasteiger partial charge is 0.451 e. The SMILES string of the molecule is Cc1nn(-c2ccccc2)c(C)c1CNC(=O)c1ccc(-c2ccccc2F)o1. The van der Waals surface area contributed by atoms with Gasteiger partial charge in [0.15, 0.2) is 5.76 Å². The van der Waals surface area contributed by atoms with E-state index in [0.29, 0.717) is 17.9 Å². The predicted molar refractivity (Wildman–Crippen MR) is 108 cm³/mol. The third-order valence-corrected chi connectivity index (χ3v) is 4.84. The van der Waals surface area contributed by atoms with Crippen LogP contribution in [0.4, 0.5) is 4.39 Å². The number of benzene rings is 2. The first kappa shape index (κ1) is 18.7. The van der Waals surface area contributed by atoms with Crippen LogP contribution in [-0.2, 0) is 6.54 Å². The Morgan fingerprint density at radius 1 is 1.03 bits per heavy atom. The molecule has 4 aromatic rings. The second-order valence-electron chi connectivity index (χ2n) is 6.72. The number of hydrogen-bond donors (Lipinski definition) is 1. The normalized spacial score (nSPS) is 10.9. The lowest BCUT2D eigenvalue weighted by Gasteiger charge is -2.06. The molecule has 0 bridgehead atoms. The average molecular weight is 389 g/mol. The van der Waals surface area contributed by atoms with Crippen LogP contribution >= 0.6 is 0 Å². The van der Waals surface area contributed by atoms with Crippen molar-refractivity contribution in [2.24, 2.45) is 0 Å². The van der Waals surface area contributed by atoms with Crippen LogP contribution in [-0.4, -0.2) is 15.7 Å². The molecule has 0 aliphatic heterocycles. The van der Waals surface area contributed by atoms with Gasteiger partial charge in [0, 0.05) is 17.8 Å². The van der Waals surface area contributed by atoms with E-state index in [0.717, 1.165) is 22.6 Å². The van der Waals surface area contributed by atoms with Gasteiger partial charge in [0.1, 0.15) is 11.6 Å². The molecular weight excluding hydrogens is 369 g/mol. The topological polar surface area (TPSA) is 60.1 Å². The van der Waals surface area contributed by atoms with Gasteiger partial charge in [-0.3, -0.25) is 4.79 Å². The summed E-state index contributed by atoms with van der Waals surface area (Å²) in [7, 11) is 0. The molecule has 2 heterocycles. The van der Waals surface area contributed by atoms with Crippen molar-refractivity contribution < 1.29 is 13.6 Å². The lowest BCUT2D eigenvalue weighted by Crippen LogP contribution is -2.22. The van der Waals surface area contributed by atoms with Crippen LogP contribution in [0, 0.1) is 19.7 Å². The summed E-state index contributed by atoms with van der Waals surface area (Å²) < 4.78 is 21.3. The van der Waals surface area contributed by atoms with Crippen LogP contribution in [0.15, 0.2) is 71.1 Å². The van der Waals surface area contributed by atoms with E-state index in [4.69, 9.17) is 4.42 Å². The minimum atomic E-state index is -0.395. The van der Waals surface area contributed by atoms with E-state index in [1.165, 1.54) is 6.07 Å². The smallest absolute Gasteiger partial charge is 0.287 e. The van der Waals surface area contributed by atoms with E-state index < -0.39 is 5.82 Å². The standard InChI is InChI=1S/C23H20FN3O2/c1-15-19(16(2)27(26-15)17-8-4-3-5-9-17)14-25-23(28)22-13-12-21(29-22)18-10-6-7-11-20(18)24/h3-13H,14H2,1-2H3,(H,25,28). The number of carbonyl (C=O) groups excluding carboxylic acids is 1. The molecule has 0 saturated carbocycles. The molecule has 0 atom stereocenters. The van der Waals surface area contributed by atoms with Crippen molar-refractivity contribution in [1.82, 2.24) is 15.1 Å². The van der Waals surface area contributed by atoms with Gasteiger partial charge in [0.05, 0.1) is 16.9 Å². The number of aryl methyl sites for hydroxylation is 1. The van der Waals surface area contributed by atoms with E-state index in [2.05, 4.69) is 10.4 Å². The quantitative estimate of drug-likeness (QED) is 0.532. The highest BCUT2D eigenvalue weighted by Crippen LogP contribution is 2.25. The molecule has 0 unspecified atom stereocenters. The molecule has 4 rings (SSSR count). The maximum Gasteiger partial charge on any atom is 0.287 e. The molecule has 29 heavy (non-hydrogen) atoms. The third kappa shape index (κ3) is 3.69. The molecule has 0 radical (unpaired) electrons. The van der Waals surface area contributed by atoms with Gasteiger partial charge >= 0.3 is 0 Å². The number of nitrogens with zero attached hydrogens (tertiary/aromatic N) is 2. The zero-order valence-electron chi connectivity index (χ0n) is 16.1. The van der Waals surface area contributed by atoms with Gasteiger partial charge in [-0.2, -0.15) is 5.10 Å². The Bertz CT molecular complexity index is 1160. The molecule has 1 N–H and O–H groups in total. The summed E-state index contributed by atoms with van der Waals surface area (Å²) in [5.41, 5.74) is 4.04. The monoisotopic (exact) mass is 389 g/mol.